The number of aryl methyl sites for hydroxylation is 1. The Balaban J connectivity index is 1.61. The Hall–Kier alpha value is -2.22. The summed E-state index contributed by atoms with van der Waals surface area (Å²) in [7, 11) is 0. The van der Waals surface area contributed by atoms with Crippen molar-refractivity contribution in [2.24, 2.45) is 0 Å². The number of hydrogen-bond donors (Lipinski definition) is 0. The topological polar surface area (TPSA) is 78.9 Å². The summed E-state index contributed by atoms with van der Waals surface area (Å²) in [6.07, 6.45) is 3.77. The van der Waals surface area contributed by atoms with E-state index < -0.39 is 5.97 Å². The number of ether oxygens (including phenoxy) is 1. The zero-order valence-corrected chi connectivity index (χ0v) is 15.6. The molecule has 8 nitrogen and oxygen atoms in total. The number of esters is 1. The van der Waals surface area contributed by atoms with Crippen LogP contribution in [0.15, 0.2) is 6.20 Å². The van der Waals surface area contributed by atoms with Crippen molar-refractivity contribution in [3.8, 4) is 0 Å². The monoisotopic (exact) mass is 361 g/mol. The number of rotatable bonds is 5. The van der Waals surface area contributed by atoms with E-state index in [-0.39, 0.29) is 5.91 Å². The van der Waals surface area contributed by atoms with Crippen LogP contribution in [0.2, 0.25) is 0 Å². The van der Waals surface area contributed by atoms with Gasteiger partial charge in [0.05, 0.1) is 13.2 Å². The van der Waals surface area contributed by atoms with Crippen LogP contribution in [0.3, 0.4) is 0 Å². The molecule has 2 fully saturated rings. The van der Waals surface area contributed by atoms with Gasteiger partial charge in [-0.3, -0.25) is 9.69 Å². The number of anilines is 1. The first-order chi connectivity index (χ1) is 12.6. The van der Waals surface area contributed by atoms with Crippen LogP contribution in [-0.4, -0.2) is 84.1 Å². The summed E-state index contributed by atoms with van der Waals surface area (Å²) in [6.45, 7) is 9.14. The van der Waals surface area contributed by atoms with Gasteiger partial charge in [-0.05, 0) is 26.7 Å². The number of amides is 1. The van der Waals surface area contributed by atoms with E-state index >= 15 is 0 Å². The summed E-state index contributed by atoms with van der Waals surface area (Å²) >= 11 is 0. The van der Waals surface area contributed by atoms with Crippen LogP contribution in [0.4, 0.5) is 5.82 Å². The molecule has 0 aromatic carbocycles. The van der Waals surface area contributed by atoms with Gasteiger partial charge in [-0.2, -0.15) is 0 Å². The summed E-state index contributed by atoms with van der Waals surface area (Å²) in [4.78, 5) is 39.3. The zero-order chi connectivity index (χ0) is 18.5. The Kier molecular flexibility index (Phi) is 6.03. The maximum atomic E-state index is 12.3. The van der Waals surface area contributed by atoms with Crippen molar-refractivity contribution in [1.29, 1.82) is 0 Å². The Labute approximate surface area is 154 Å². The number of nitrogens with zero attached hydrogens (tertiary/aromatic N) is 5. The van der Waals surface area contributed by atoms with E-state index in [4.69, 9.17) is 4.74 Å². The van der Waals surface area contributed by atoms with Gasteiger partial charge in [0.25, 0.3) is 0 Å². The molecular weight excluding hydrogens is 334 g/mol. The predicted molar refractivity (Wildman–Crippen MR) is 97.2 cm³/mol. The molecule has 0 N–H and O–H groups in total. The predicted octanol–water partition coefficient (Wildman–Crippen LogP) is 0.706. The van der Waals surface area contributed by atoms with E-state index in [1.54, 1.807) is 13.1 Å². The first-order valence-electron chi connectivity index (χ1n) is 9.34. The minimum atomic E-state index is -0.394. The third kappa shape index (κ3) is 4.30. The highest BCUT2D eigenvalue weighted by Crippen LogP contribution is 2.20. The molecule has 0 atom stereocenters. The van der Waals surface area contributed by atoms with Crippen LogP contribution in [-0.2, 0) is 9.53 Å². The number of likely N-dealkylation sites (tertiary alicyclic amines) is 1. The molecule has 1 aromatic rings. The minimum Gasteiger partial charge on any atom is -0.462 e. The molecule has 1 aromatic heterocycles. The van der Waals surface area contributed by atoms with E-state index in [9.17, 15) is 9.59 Å². The fraction of sp³-hybridized carbons (Fsp3) is 0.667. The van der Waals surface area contributed by atoms with Crippen molar-refractivity contribution in [3.05, 3.63) is 17.6 Å². The van der Waals surface area contributed by atoms with E-state index in [0.717, 1.165) is 52.1 Å². The van der Waals surface area contributed by atoms with Gasteiger partial charge in [-0.1, -0.05) is 0 Å². The fourth-order valence-corrected chi connectivity index (χ4v) is 3.43. The number of aromatic nitrogens is 2. The van der Waals surface area contributed by atoms with Gasteiger partial charge in [0.15, 0.2) is 0 Å². The van der Waals surface area contributed by atoms with Crippen LogP contribution >= 0.6 is 0 Å². The number of carbonyl (C=O) groups is 2. The number of piperazine rings is 1. The molecule has 142 valence electrons. The van der Waals surface area contributed by atoms with Crippen molar-refractivity contribution in [2.45, 2.75) is 26.7 Å². The molecule has 2 saturated heterocycles. The zero-order valence-electron chi connectivity index (χ0n) is 15.6. The minimum absolute atomic E-state index is 0.223. The molecule has 2 aliphatic heterocycles. The van der Waals surface area contributed by atoms with Gasteiger partial charge in [0.1, 0.15) is 17.2 Å². The molecule has 1 amide bonds. The molecule has 0 spiro atoms. The van der Waals surface area contributed by atoms with Gasteiger partial charge in [-0.25, -0.2) is 14.8 Å². The number of hydrogen-bond acceptors (Lipinski definition) is 7. The highest BCUT2D eigenvalue weighted by atomic mass is 16.5. The lowest BCUT2D eigenvalue weighted by atomic mass is 10.2. The lowest BCUT2D eigenvalue weighted by molar-refractivity contribution is -0.131. The van der Waals surface area contributed by atoms with Gasteiger partial charge < -0.3 is 14.5 Å². The quantitative estimate of drug-likeness (QED) is 0.715. The van der Waals surface area contributed by atoms with E-state index in [1.165, 1.54) is 0 Å². The van der Waals surface area contributed by atoms with Crippen molar-refractivity contribution in [2.75, 3.05) is 57.3 Å². The largest absolute Gasteiger partial charge is 0.462 e. The molecule has 0 unspecified atom stereocenters. The fourth-order valence-electron chi connectivity index (χ4n) is 3.43. The van der Waals surface area contributed by atoms with Gasteiger partial charge in [-0.15, -0.1) is 0 Å². The average molecular weight is 361 g/mol. The second-order valence-corrected chi connectivity index (χ2v) is 6.73. The standard InChI is InChI=1S/C18H27N5O3/c1-3-26-18(25)15-12-19-14(2)20-17(15)23-10-8-21(9-11-23)13-16(24)22-6-4-5-7-22/h12H,3-11,13H2,1-2H3. The molecule has 0 aliphatic carbocycles. The van der Waals surface area contributed by atoms with Gasteiger partial charge in [0, 0.05) is 45.5 Å². The Morgan fingerprint density at radius 3 is 2.46 bits per heavy atom. The first kappa shape index (κ1) is 18.6. The Morgan fingerprint density at radius 2 is 1.81 bits per heavy atom. The summed E-state index contributed by atoms with van der Waals surface area (Å²) in [5.74, 6) is 1.08. The third-order valence-electron chi connectivity index (χ3n) is 4.87. The molecular formula is C18H27N5O3. The van der Waals surface area contributed by atoms with Crippen molar-refractivity contribution in [1.82, 2.24) is 19.8 Å². The van der Waals surface area contributed by atoms with Crippen LogP contribution in [0.1, 0.15) is 35.9 Å². The molecule has 3 heterocycles. The van der Waals surface area contributed by atoms with Crippen LogP contribution in [0, 0.1) is 6.92 Å². The van der Waals surface area contributed by atoms with Crippen LogP contribution in [0.5, 0.6) is 0 Å². The lowest BCUT2D eigenvalue weighted by Gasteiger charge is -2.36. The van der Waals surface area contributed by atoms with Crippen LogP contribution < -0.4 is 4.90 Å². The van der Waals surface area contributed by atoms with E-state index in [2.05, 4.69) is 19.8 Å². The molecule has 3 rings (SSSR count). The van der Waals surface area contributed by atoms with E-state index in [0.29, 0.717) is 30.4 Å². The molecule has 8 heteroatoms. The maximum absolute atomic E-state index is 12.3. The summed E-state index contributed by atoms with van der Waals surface area (Å²) in [5.41, 5.74) is 0.402. The maximum Gasteiger partial charge on any atom is 0.343 e. The Bertz CT molecular complexity index is 652. The Morgan fingerprint density at radius 1 is 1.12 bits per heavy atom. The first-order valence-corrected chi connectivity index (χ1v) is 9.34. The van der Waals surface area contributed by atoms with Crippen LogP contribution in [0.25, 0.3) is 0 Å². The van der Waals surface area contributed by atoms with Crippen molar-refractivity contribution < 1.29 is 14.3 Å². The second-order valence-electron chi connectivity index (χ2n) is 6.73. The average Bonchev–Trinajstić information content (AvgIpc) is 3.17. The van der Waals surface area contributed by atoms with Gasteiger partial charge >= 0.3 is 5.97 Å². The summed E-state index contributed by atoms with van der Waals surface area (Å²) in [5, 5.41) is 0. The normalized spacial score (nSPS) is 18.2. The van der Waals surface area contributed by atoms with Crippen molar-refractivity contribution in [3.63, 3.8) is 0 Å². The summed E-state index contributed by atoms with van der Waals surface area (Å²) < 4.78 is 5.12. The highest BCUT2D eigenvalue weighted by Gasteiger charge is 2.26. The smallest absolute Gasteiger partial charge is 0.343 e. The third-order valence-corrected chi connectivity index (χ3v) is 4.87. The molecule has 0 bridgehead atoms. The number of carbonyl (C=O) groups excluding carboxylic acids is 2. The molecule has 0 radical (unpaired) electrons. The molecule has 0 saturated carbocycles. The molecule has 26 heavy (non-hydrogen) atoms. The summed E-state index contributed by atoms with van der Waals surface area (Å²) in [6, 6.07) is 0. The van der Waals surface area contributed by atoms with Crippen molar-refractivity contribution >= 4 is 17.7 Å². The SMILES string of the molecule is CCOC(=O)c1cnc(C)nc1N1CCN(CC(=O)N2CCCC2)CC1. The van der Waals surface area contributed by atoms with E-state index in [1.807, 2.05) is 11.8 Å². The second kappa shape index (κ2) is 8.44. The lowest BCUT2D eigenvalue weighted by Crippen LogP contribution is -2.50. The van der Waals surface area contributed by atoms with Gasteiger partial charge in [0.2, 0.25) is 5.91 Å². The highest BCUT2D eigenvalue weighted by molar-refractivity contribution is 5.94. The molecule has 2 aliphatic rings.